The van der Waals surface area contributed by atoms with E-state index >= 15 is 0 Å². The number of anilines is 4. The van der Waals surface area contributed by atoms with E-state index < -0.39 is 0 Å². The highest BCUT2D eigenvalue weighted by molar-refractivity contribution is 6.18. The number of hydrogen-bond acceptors (Lipinski definition) is 6. The Balaban J connectivity index is 1.52. The van der Waals surface area contributed by atoms with E-state index in [-0.39, 0.29) is 0 Å². The predicted molar refractivity (Wildman–Crippen MR) is 203 cm³/mol. The molecule has 0 unspecified atom stereocenters. The summed E-state index contributed by atoms with van der Waals surface area (Å²) >= 11 is 0. The molecule has 0 saturated carbocycles. The van der Waals surface area contributed by atoms with Gasteiger partial charge in [-0.1, -0.05) is 72.8 Å². The Labute approximate surface area is 283 Å². The van der Waals surface area contributed by atoms with Gasteiger partial charge in [0.15, 0.2) is 0 Å². The van der Waals surface area contributed by atoms with Crippen LogP contribution in [-0.4, -0.2) is 37.9 Å². The Morgan fingerprint density at radius 1 is 0.375 bits per heavy atom. The molecule has 0 radical (unpaired) electrons. The molecule has 0 saturated heterocycles. The van der Waals surface area contributed by atoms with Gasteiger partial charge in [0.05, 0.1) is 0 Å². The summed E-state index contributed by atoms with van der Waals surface area (Å²) < 4.78 is 0. The van der Waals surface area contributed by atoms with Crippen LogP contribution < -0.4 is 30.0 Å². The summed E-state index contributed by atoms with van der Waals surface area (Å²) in [6.45, 7) is 11.9. The average molecular weight is 631 g/mol. The van der Waals surface area contributed by atoms with Crippen molar-refractivity contribution in [3.8, 4) is 0 Å². The molecule has 6 heteroatoms. The number of aliphatic imine (C=N–C) groups is 2. The van der Waals surface area contributed by atoms with Gasteiger partial charge in [-0.2, -0.15) is 0 Å². The summed E-state index contributed by atoms with van der Waals surface area (Å²) in [7, 11) is 0. The van der Waals surface area contributed by atoms with Gasteiger partial charge in [0, 0.05) is 70.5 Å². The van der Waals surface area contributed by atoms with Crippen molar-refractivity contribution in [1.82, 2.24) is 0 Å². The van der Waals surface area contributed by atoms with Crippen molar-refractivity contribution in [2.24, 2.45) is 9.98 Å². The summed E-state index contributed by atoms with van der Waals surface area (Å²) in [4.78, 5) is 20.3. The third-order valence-corrected chi connectivity index (χ3v) is 9.10. The number of benzene rings is 5. The van der Waals surface area contributed by atoms with Crippen LogP contribution in [0.3, 0.4) is 0 Å². The molecule has 240 valence electrons. The molecule has 2 aliphatic rings. The second-order valence-electron chi connectivity index (χ2n) is 11.8. The smallest absolute Gasteiger partial charge is 0.143 e. The first kappa shape index (κ1) is 31.0. The van der Waals surface area contributed by atoms with Gasteiger partial charge in [-0.25, -0.2) is 9.98 Å². The molecule has 0 aliphatic carbocycles. The van der Waals surface area contributed by atoms with Crippen molar-refractivity contribution in [2.75, 3.05) is 45.8 Å². The minimum Gasteiger partial charge on any atom is -0.326 e. The molecule has 6 nitrogen and oxygen atoms in total. The fourth-order valence-electron chi connectivity index (χ4n) is 6.85. The molecular weight excluding hydrogens is 589 g/mol. The van der Waals surface area contributed by atoms with Crippen LogP contribution in [0.4, 0.5) is 22.7 Å². The molecule has 5 aromatic carbocycles. The summed E-state index contributed by atoms with van der Waals surface area (Å²) in [5.41, 5.74) is 6.72. The molecule has 0 spiro atoms. The molecule has 0 fully saturated rings. The van der Waals surface area contributed by atoms with Crippen molar-refractivity contribution in [3.05, 3.63) is 155 Å². The van der Waals surface area contributed by atoms with Crippen LogP contribution in [0.25, 0.3) is 11.6 Å². The monoisotopic (exact) mass is 630 g/mol. The maximum atomic E-state index is 5.50. The molecule has 2 heterocycles. The average Bonchev–Trinajstić information content (AvgIpc) is 3.69. The number of fused-ring (bicyclic) bond motifs is 2. The largest absolute Gasteiger partial charge is 0.326 e. The molecule has 0 amide bonds. The van der Waals surface area contributed by atoms with E-state index in [4.69, 9.17) is 9.98 Å². The van der Waals surface area contributed by atoms with Crippen LogP contribution in [0.2, 0.25) is 0 Å². The number of hydrogen-bond donors (Lipinski definition) is 0. The molecule has 2 aliphatic heterocycles. The highest BCUT2D eigenvalue weighted by Gasteiger charge is 2.31. The summed E-state index contributed by atoms with van der Waals surface area (Å²) in [6, 6.07) is 47.0. The first-order chi connectivity index (χ1) is 23.7. The lowest BCUT2D eigenvalue weighted by atomic mass is 10.0. The molecule has 7 rings (SSSR count). The van der Waals surface area contributed by atoms with Gasteiger partial charge < -0.3 is 19.6 Å². The molecule has 0 atom stereocenters. The molecule has 0 bridgehead atoms. The normalized spacial score (nSPS) is 13.1. The molecule has 48 heavy (non-hydrogen) atoms. The quantitative estimate of drug-likeness (QED) is 0.161. The Kier molecular flexibility index (Phi) is 8.80. The number of amidine groups is 2. The third-order valence-electron chi connectivity index (χ3n) is 9.10. The van der Waals surface area contributed by atoms with Gasteiger partial charge >= 0.3 is 0 Å². The number of nitrogens with zero attached hydrogens (tertiary/aromatic N) is 6. The maximum Gasteiger partial charge on any atom is 0.143 e. The van der Waals surface area contributed by atoms with E-state index in [2.05, 4.69) is 181 Å². The lowest BCUT2D eigenvalue weighted by Gasteiger charge is -2.25. The molecule has 5 aromatic rings. The Morgan fingerprint density at radius 3 is 0.917 bits per heavy atom. The van der Waals surface area contributed by atoms with Crippen LogP contribution in [-0.2, 0) is 0 Å². The van der Waals surface area contributed by atoms with Crippen LogP contribution in [0, 0.1) is 0 Å². The standard InChI is InChI=1S/C42H42N6/c1-5-45(31-21-13-9-14-22-31)39-35-29-37-38(30-36(35)40(43-39)46(6-2)32-23-15-10-16-24-32)42(48(8-4)34-27-19-12-20-28-34)44-41(37)47(7-3)33-25-17-11-18-26-33/h9-30H,5-8H2,1-4H3. The Bertz CT molecular complexity index is 1920. The first-order valence-electron chi connectivity index (χ1n) is 17.1. The zero-order chi connectivity index (χ0) is 33.0. The van der Waals surface area contributed by atoms with Crippen molar-refractivity contribution in [1.29, 1.82) is 0 Å². The number of para-hydroxylation sites is 4. The second-order valence-corrected chi connectivity index (χ2v) is 11.8. The van der Waals surface area contributed by atoms with Gasteiger partial charge in [-0.15, -0.1) is 0 Å². The van der Waals surface area contributed by atoms with E-state index in [1.54, 1.807) is 0 Å². The molecule has 0 N–H and O–H groups in total. The lowest BCUT2D eigenvalue weighted by Crippen LogP contribution is -2.37. The first-order valence-corrected chi connectivity index (χ1v) is 17.1. The van der Waals surface area contributed by atoms with Crippen LogP contribution >= 0.6 is 0 Å². The summed E-state index contributed by atoms with van der Waals surface area (Å²) in [6.07, 6.45) is 0. The second kappa shape index (κ2) is 13.6. The SMILES string of the molecule is CCN(C1=NC(N(CC)c2ccccc2)=c2cc3c(cc21)=C(N(CC)c1ccccc1)N=C3N(CC)c1ccccc1)c1ccccc1. The lowest BCUT2D eigenvalue weighted by molar-refractivity contribution is 1.01. The van der Waals surface area contributed by atoms with Crippen molar-refractivity contribution in [2.45, 2.75) is 27.7 Å². The Morgan fingerprint density at radius 2 is 0.646 bits per heavy atom. The topological polar surface area (TPSA) is 37.7 Å². The van der Waals surface area contributed by atoms with Crippen LogP contribution in [0.15, 0.2) is 143 Å². The minimum absolute atomic E-state index is 0.783. The van der Waals surface area contributed by atoms with Gasteiger partial charge in [-0.05, 0) is 88.4 Å². The number of rotatable bonds is 10. The fraction of sp³-hybridized carbons (Fsp3) is 0.190. The van der Waals surface area contributed by atoms with E-state index in [9.17, 15) is 0 Å². The molecule has 0 aromatic heterocycles. The van der Waals surface area contributed by atoms with Crippen molar-refractivity contribution < 1.29 is 0 Å². The van der Waals surface area contributed by atoms with Crippen LogP contribution in [0.1, 0.15) is 38.8 Å². The minimum atomic E-state index is 0.783. The van der Waals surface area contributed by atoms with E-state index in [1.165, 1.54) is 0 Å². The van der Waals surface area contributed by atoms with Gasteiger partial charge in [0.2, 0.25) is 0 Å². The summed E-state index contributed by atoms with van der Waals surface area (Å²) in [5.74, 6) is 3.82. The highest BCUT2D eigenvalue weighted by Crippen LogP contribution is 2.29. The highest BCUT2D eigenvalue weighted by atomic mass is 15.3. The molecular formula is C42H42N6. The fourth-order valence-corrected chi connectivity index (χ4v) is 6.85. The summed E-state index contributed by atoms with van der Waals surface area (Å²) in [5, 5.41) is 2.23. The van der Waals surface area contributed by atoms with Gasteiger partial charge in [0.25, 0.3) is 0 Å². The predicted octanol–water partition coefficient (Wildman–Crippen LogP) is 7.44. The van der Waals surface area contributed by atoms with Gasteiger partial charge in [-0.3, -0.25) is 0 Å². The third kappa shape index (κ3) is 5.53. The maximum absolute atomic E-state index is 5.50. The van der Waals surface area contributed by atoms with Crippen molar-refractivity contribution in [3.63, 3.8) is 0 Å². The Hall–Kier alpha value is -5.62. The van der Waals surface area contributed by atoms with E-state index in [1.807, 2.05) is 0 Å². The van der Waals surface area contributed by atoms with E-state index in [0.29, 0.717) is 0 Å². The van der Waals surface area contributed by atoms with Gasteiger partial charge in [0.1, 0.15) is 23.3 Å². The zero-order valence-corrected chi connectivity index (χ0v) is 28.2. The van der Waals surface area contributed by atoms with Crippen LogP contribution in [0.5, 0.6) is 0 Å². The zero-order valence-electron chi connectivity index (χ0n) is 28.2. The van der Waals surface area contributed by atoms with E-state index in [0.717, 1.165) is 93.8 Å². The van der Waals surface area contributed by atoms with Crippen molar-refractivity contribution >= 4 is 46.1 Å².